The Balaban J connectivity index is 2.68. The number of carboxylic acids is 1. The Morgan fingerprint density at radius 3 is 3.14 bits per heavy atom. The van der Waals surface area contributed by atoms with Crippen LogP contribution in [0, 0.1) is 0 Å². The van der Waals surface area contributed by atoms with Crippen LogP contribution in [-0.2, 0) is 11.3 Å². The number of hydrogen-bond donors (Lipinski definition) is 2. The lowest BCUT2D eigenvalue weighted by molar-refractivity contribution is -0.137. The average molecular weight is 193 g/mol. The highest BCUT2D eigenvalue weighted by atomic mass is 16.4. The molecule has 6 heteroatoms. The summed E-state index contributed by atoms with van der Waals surface area (Å²) in [4.78, 5) is 28.1. The van der Waals surface area contributed by atoms with E-state index in [0.29, 0.717) is 11.2 Å². The van der Waals surface area contributed by atoms with Gasteiger partial charge >= 0.3 is 11.7 Å². The van der Waals surface area contributed by atoms with Crippen LogP contribution in [0.1, 0.15) is 0 Å². The van der Waals surface area contributed by atoms with Crippen LogP contribution in [0.25, 0.3) is 11.2 Å². The summed E-state index contributed by atoms with van der Waals surface area (Å²) in [5.41, 5.74) is 0.444. The molecule has 6 nitrogen and oxygen atoms in total. The standard InChI is InChI=1S/C8H7N3O3/c12-6(13)4-11-5-2-1-3-9-7(5)10-8(11)14/h1-3H,4H2,(H,12,13)(H,9,10,14). The highest BCUT2D eigenvalue weighted by Crippen LogP contribution is 2.04. The van der Waals surface area contributed by atoms with E-state index in [2.05, 4.69) is 9.97 Å². The number of pyridine rings is 1. The van der Waals surface area contributed by atoms with Crippen molar-refractivity contribution in [3.8, 4) is 0 Å². The molecular weight excluding hydrogens is 186 g/mol. The maximum Gasteiger partial charge on any atom is 0.328 e. The number of nitrogens with zero attached hydrogens (tertiary/aromatic N) is 2. The summed E-state index contributed by atoms with van der Waals surface area (Å²) in [6.45, 7) is -0.357. The normalized spacial score (nSPS) is 10.6. The van der Waals surface area contributed by atoms with Gasteiger partial charge in [-0.05, 0) is 12.1 Å². The minimum Gasteiger partial charge on any atom is -0.480 e. The Bertz CT molecular complexity index is 540. The predicted octanol–water partition coefficient (Wildman–Crippen LogP) is -0.191. The molecule has 0 fully saturated rings. The number of aromatic nitrogens is 3. The van der Waals surface area contributed by atoms with Gasteiger partial charge in [0.25, 0.3) is 0 Å². The van der Waals surface area contributed by atoms with Gasteiger partial charge in [-0.1, -0.05) is 0 Å². The Hall–Kier alpha value is -2.11. The van der Waals surface area contributed by atoms with E-state index < -0.39 is 11.7 Å². The van der Waals surface area contributed by atoms with Crippen molar-refractivity contribution in [3.63, 3.8) is 0 Å². The van der Waals surface area contributed by atoms with Gasteiger partial charge in [0.2, 0.25) is 0 Å². The van der Waals surface area contributed by atoms with Crippen LogP contribution in [0.15, 0.2) is 23.1 Å². The zero-order chi connectivity index (χ0) is 10.1. The SMILES string of the molecule is O=C(O)Cn1c(=O)[nH]c2ncccc21. The van der Waals surface area contributed by atoms with E-state index in [9.17, 15) is 9.59 Å². The summed E-state index contributed by atoms with van der Waals surface area (Å²) in [6, 6.07) is 3.29. The molecule has 14 heavy (non-hydrogen) atoms. The lowest BCUT2D eigenvalue weighted by Gasteiger charge is -1.96. The number of carboxylic acid groups (broad SMARTS) is 1. The molecule has 0 atom stereocenters. The number of aromatic amines is 1. The van der Waals surface area contributed by atoms with E-state index in [-0.39, 0.29) is 6.54 Å². The van der Waals surface area contributed by atoms with Crippen molar-refractivity contribution in [1.29, 1.82) is 0 Å². The van der Waals surface area contributed by atoms with Gasteiger partial charge in [0, 0.05) is 6.20 Å². The smallest absolute Gasteiger partial charge is 0.328 e. The molecule has 0 amide bonds. The van der Waals surface area contributed by atoms with Crippen LogP contribution in [0.3, 0.4) is 0 Å². The lowest BCUT2D eigenvalue weighted by atomic mass is 10.4. The number of aliphatic carboxylic acids is 1. The van der Waals surface area contributed by atoms with Crippen molar-refractivity contribution in [1.82, 2.24) is 14.5 Å². The molecule has 0 unspecified atom stereocenters. The Labute approximate surface area is 77.8 Å². The van der Waals surface area contributed by atoms with Crippen molar-refractivity contribution < 1.29 is 9.90 Å². The first-order valence-electron chi connectivity index (χ1n) is 3.94. The number of rotatable bonds is 2. The Kier molecular flexibility index (Phi) is 1.81. The Morgan fingerprint density at radius 2 is 2.43 bits per heavy atom. The van der Waals surface area contributed by atoms with Gasteiger partial charge in [0.1, 0.15) is 6.54 Å². The van der Waals surface area contributed by atoms with Crippen LogP contribution < -0.4 is 5.69 Å². The summed E-state index contributed by atoms with van der Waals surface area (Å²) >= 11 is 0. The second-order valence-corrected chi connectivity index (χ2v) is 2.78. The fraction of sp³-hybridized carbons (Fsp3) is 0.125. The second kappa shape index (κ2) is 2.99. The number of imidazole rings is 1. The van der Waals surface area contributed by atoms with Crippen molar-refractivity contribution in [2.75, 3.05) is 0 Å². The van der Waals surface area contributed by atoms with Gasteiger partial charge in [0.05, 0.1) is 5.52 Å². The van der Waals surface area contributed by atoms with Gasteiger partial charge in [-0.15, -0.1) is 0 Å². The van der Waals surface area contributed by atoms with Crippen molar-refractivity contribution in [2.45, 2.75) is 6.54 Å². The van der Waals surface area contributed by atoms with E-state index in [1.165, 1.54) is 6.20 Å². The van der Waals surface area contributed by atoms with E-state index in [4.69, 9.17) is 5.11 Å². The average Bonchev–Trinajstić information content (AvgIpc) is 2.43. The van der Waals surface area contributed by atoms with Crippen LogP contribution in [0.4, 0.5) is 0 Å². The van der Waals surface area contributed by atoms with E-state index in [0.717, 1.165) is 4.57 Å². The highest BCUT2D eigenvalue weighted by Gasteiger charge is 2.09. The largest absolute Gasteiger partial charge is 0.480 e. The molecule has 2 heterocycles. The summed E-state index contributed by atoms with van der Waals surface area (Å²) in [5, 5.41) is 8.58. The monoisotopic (exact) mass is 193 g/mol. The van der Waals surface area contributed by atoms with Crippen LogP contribution in [0.2, 0.25) is 0 Å². The third-order valence-corrected chi connectivity index (χ3v) is 1.84. The molecule has 2 rings (SSSR count). The molecule has 2 aromatic rings. The third kappa shape index (κ3) is 1.26. The number of hydrogen-bond acceptors (Lipinski definition) is 3. The summed E-state index contributed by atoms with van der Waals surface area (Å²) in [5.74, 6) is -1.06. The quantitative estimate of drug-likeness (QED) is 0.691. The number of fused-ring (bicyclic) bond motifs is 1. The zero-order valence-corrected chi connectivity index (χ0v) is 7.10. The van der Waals surface area contributed by atoms with Crippen molar-refractivity contribution in [2.24, 2.45) is 0 Å². The van der Waals surface area contributed by atoms with Crippen molar-refractivity contribution in [3.05, 3.63) is 28.8 Å². The molecule has 0 aromatic carbocycles. The number of H-pyrrole nitrogens is 1. The van der Waals surface area contributed by atoms with Crippen molar-refractivity contribution >= 4 is 17.1 Å². The zero-order valence-electron chi connectivity index (χ0n) is 7.10. The number of carbonyl (C=O) groups is 1. The van der Waals surface area contributed by atoms with Gasteiger partial charge < -0.3 is 5.11 Å². The van der Waals surface area contributed by atoms with Gasteiger partial charge in [-0.25, -0.2) is 9.78 Å². The fourth-order valence-electron chi connectivity index (χ4n) is 1.28. The van der Waals surface area contributed by atoms with Gasteiger partial charge in [-0.3, -0.25) is 14.3 Å². The first-order valence-corrected chi connectivity index (χ1v) is 3.94. The maximum absolute atomic E-state index is 11.3. The maximum atomic E-state index is 11.3. The molecule has 0 spiro atoms. The van der Waals surface area contributed by atoms with E-state index >= 15 is 0 Å². The second-order valence-electron chi connectivity index (χ2n) is 2.78. The fourth-order valence-corrected chi connectivity index (χ4v) is 1.28. The molecule has 0 radical (unpaired) electrons. The van der Waals surface area contributed by atoms with E-state index in [1.54, 1.807) is 12.1 Å². The number of nitrogens with one attached hydrogen (secondary N) is 1. The van der Waals surface area contributed by atoms with Crippen LogP contribution >= 0.6 is 0 Å². The van der Waals surface area contributed by atoms with Gasteiger partial charge in [0.15, 0.2) is 5.65 Å². The summed E-state index contributed by atoms with van der Waals surface area (Å²) < 4.78 is 1.13. The third-order valence-electron chi connectivity index (χ3n) is 1.84. The molecule has 0 saturated heterocycles. The minimum atomic E-state index is -1.06. The first kappa shape index (κ1) is 8.49. The predicted molar refractivity (Wildman–Crippen MR) is 48.0 cm³/mol. The molecule has 0 aliphatic rings. The topological polar surface area (TPSA) is 88.0 Å². The van der Waals surface area contributed by atoms with Crippen LogP contribution in [-0.4, -0.2) is 25.6 Å². The minimum absolute atomic E-state index is 0.357. The lowest BCUT2D eigenvalue weighted by Crippen LogP contribution is -2.21. The highest BCUT2D eigenvalue weighted by molar-refractivity contribution is 5.74. The molecule has 0 bridgehead atoms. The molecule has 0 aliphatic heterocycles. The molecule has 0 saturated carbocycles. The molecule has 0 aliphatic carbocycles. The molecule has 2 N–H and O–H groups in total. The first-order chi connectivity index (χ1) is 6.68. The van der Waals surface area contributed by atoms with Gasteiger partial charge in [-0.2, -0.15) is 0 Å². The molecule has 72 valence electrons. The van der Waals surface area contributed by atoms with E-state index in [1.807, 2.05) is 0 Å². The summed E-state index contributed by atoms with van der Waals surface area (Å²) in [6.07, 6.45) is 1.53. The molecule has 2 aromatic heterocycles. The summed E-state index contributed by atoms with van der Waals surface area (Å²) in [7, 11) is 0. The van der Waals surface area contributed by atoms with Crippen LogP contribution in [0.5, 0.6) is 0 Å². The Morgan fingerprint density at radius 1 is 1.64 bits per heavy atom. The molecular formula is C8H7N3O3.